The smallest absolute Gasteiger partial charge is 0.128 e. The second-order valence-electron chi connectivity index (χ2n) is 3.81. The topological polar surface area (TPSA) is 49.8 Å². The number of pyridine rings is 1. The molecule has 0 radical (unpaired) electrons. The molecule has 0 saturated heterocycles. The van der Waals surface area contributed by atoms with E-state index in [4.69, 9.17) is 0 Å². The van der Waals surface area contributed by atoms with Crippen molar-refractivity contribution in [2.75, 3.05) is 24.2 Å². The van der Waals surface area contributed by atoms with Gasteiger partial charge in [0.1, 0.15) is 11.6 Å². The van der Waals surface area contributed by atoms with Gasteiger partial charge in [-0.2, -0.15) is 0 Å². The molecule has 0 amide bonds. The van der Waals surface area contributed by atoms with Crippen LogP contribution in [-0.2, 0) is 0 Å². The van der Waals surface area contributed by atoms with Gasteiger partial charge in [-0.1, -0.05) is 13.0 Å². The van der Waals surface area contributed by atoms with Crippen molar-refractivity contribution in [3.63, 3.8) is 0 Å². The lowest BCUT2D eigenvalue weighted by atomic mass is 10.2. The van der Waals surface area contributed by atoms with Crippen LogP contribution in [0, 0.1) is 0 Å². The Labute approximate surface area is 105 Å². The highest BCUT2D eigenvalue weighted by Gasteiger charge is 2.07. The van der Waals surface area contributed by atoms with Crippen LogP contribution >= 0.6 is 11.3 Å². The Bertz CT molecular complexity index is 455. The zero-order valence-electron chi connectivity index (χ0n) is 9.97. The predicted molar refractivity (Wildman–Crippen MR) is 72.8 cm³/mol. The average molecular weight is 248 g/mol. The van der Waals surface area contributed by atoms with Gasteiger partial charge in [0.05, 0.1) is 5.01 Å². The third-order valence-corrected chi connectivity index (χ3v) is 3.47. The van der Waals surface area contributed by atoms with E-state index in [9.17, 15) is 0 Å². The molecule has 2 N–H and O–H groups in total. The Kier molecular flexibility index (Phi) is 3.93. The summed E-state index contributed by atoms with van der Waals surface area (Å²) in [7, 11) is 1.87. The maximum Gasteiger partial charge on any atom is 0.128 e. The number of nitrogens with zero attached hydrogens (tertiary/aromatic N) is 2. The van der Waals surface area contributed by atoms with Gasteiger partial charge in [0, 0.05) is 31.1 Å². The molecule has 17 heavy (non-hydrogen) atoms. The lowest BCUT2D eigenvalue weighted by Gasteiger charge is -2.11. The van der Waals surface area contributed by atoms with E-state index in [0.717, 1.165) is 23.2 Å². The van der Waals surface area contributed by atoms with E-state index >= 15 is 0 Å². The molecule has 2 aromatic heterocycles. The van der Waals surface area contributed by atoms with Gasteiger partial charge in [-0.05, 0) is 12.1 Å². The molecular weight excluding hydrogens is 232 g/mol. The van der Waals surface area contributed by atoms with Crippen LogP contribution in [0.3, 0.4) is 0 Å². The van der Waals surface area contributed by atoms with Crippen LogP contribution in [0.25, 0.3) is 0 Å². The fraction of sp³-hybridized carbons (Fsp3) is 0.333. The van der Waals surface area contributed by atoms with E-state index in [-0.39, 0.29) is 0 Å². The molecule has 0 fully saturated rings. The first-order valence-corrected chi connectivity index (χ1v) is 6.45. The van der Waals surface area contributed by atoms with Gasteiger partial charge in [0.2, 0.25) is 0 Å². The summed E-state index contributed by atoms with van der Waals surface area (Å²) < 4.78 is 0. The number of anilines is 2. The Hall–Kier alpha value is -1.62. The summed E-state index contributed by atoms with van der Waals surface area (Å²) in [4.78, 5) is 8.71. The van der Waals surface area contributed by atoms with E-state index in [1.807, 2.05) is 36.8 Å². The molecule has 0 aliphatic rings. The minimum Gasteiger partial charge on any atom is -0.373 e. The summed E-state index contributed by atoms with van der Waals surface area (Å²) in [5, 5.41) is 9.50. The molecule has 2 heterocycles. The molecule has 1 atom stereocenters. The first-order valence-electron chi connectivity index (χ1n) is 5.57. The van der Waals surface area contributed by atoms with Gasteiger partial charge < -0.3 is 10.6 Å². The quantitative estimate of drug-likeness (QED) is 0.854. The summed E-state index contributed by atoms with van der Waals surface area (Å²) in [6.45, 7) is 3.00. The number of nitrogens with one attached hydrogen (secondary N) is 2. The van der Waals surface area contributed by atoms with Crippen molar-refractivity contribution in [1.82, 2.24) is 9.97 Å². The van der Waals surface area contributed by atoms with Crippen molar-refractivity contribution in [2.45, 2.75) is 12.8 Å². The minimum atomic E-state index is 0.398. The second-order valence-corrected chi connectivity index (χ2v) is 4.74. The van der Waals surface area contributed by atoms with Crippen molar-refractivity contribution >= 4 is 23.0 Å². The monoisotopic (exact) mass is 248 g/mol. The average Bonchev–Trinajstić information content (AvgIpc) is 2.90. The Morgan fingerprint density at radius 1 is 1.35 bits per heavy atom. The Balaban J connectivity index is 1.93. The molecule has 0 saturated carbocycles. The zero-order valence-corrected chi connectivity index (χ0v) is 10.8. The largest absolute Gasteiger partial charge is 0.373 e. The van der Waals surface area contributed by atoms with Gasteiger partial charge in [0.25, 0.3) is 0 Å². The van der Waals surface area contributed by atoms with Gasteiger partial charge in [-0.3, -0.25) is 0 Å². The normalized spacial score (nSPS) is 12.1. The van der Waals surface area contributed by atoms with Crippen LogP contribution in [0.15, 0.2) is 29.8 Å². The predicted octanol–water partition coefficient (Wildman–Crippen LogP) is 2.80. The molecule has 90 valence electrons. The lowest BCUT2D eigenvalue weighted by molar-refractivity contribution is 0.792. The van der Waals surface area contributed by atoms with E-state index in [2.05, 4.69) is 27.5 Å². The van der Waals surface area contributed by atoms with Crippen molar-refractivity contribution in [3.8, 4) is 0 Å². The van der Waals surface area contributed by atoms with Gasteiger partial charge in [0.15, 0.2) is 0 Å². The third kappa shape index (κ3) is 3.17. The van der Waals surface area contributed by atoms with Crippen molar-refractivity contribution in [2.24, 2.45) is 0 Å². The zero-order chi connectivity index (χ0) is 12.1. The maximum atomic E-state index is 4.41. The SMILES string of the molecule is CNc1cccc(NCC(C)c2nccs2)n1. The Morgan fingerprint density at radius 3 is 2.88 bits per heavy atom. The van der Waals surface area contributed by atoms with E-state index in [0.29, 0.717) is 5.92 Å². The van der Waals surface area contributed by atoms with E-state index in [1.54, 1.807) is 11.3 Å². The molecule has 0 aliphatic carbocycles. The molecule has 0 aromatic carbocycles. The summed E-state index contributed by atoms with van der Waals surface area (Å²) in [5.74, 6) is 2.16. The van der Waals surface area contributed by atoms with Crippen LogP contribution < -0.4 is 10.6 Å². The van der Waals surface area contributed by atoms with E-state index < -0.39 is 0 Å². The van der Waals surface area contributed by atoms with Gasteiger partial charge >= 0.3 is 0 Å². The molecule has 0 bridgehead atoms. The van der Waals surface area contributed by atoms with Crippen LogP contribution in [-0.4, -0.2) is 23.6 Å². The summed E-state index contributed by atoms with van der Waals surface area (Å²) in [5.41, 5.74) is 0. The number of aromatic nitrogens is 2. The van der Waals surface area contributed by atoms with Crippen molar-refractivity contribution in [1.29, 1.82) is 0 Å². The molecule has 1 unspecified atom stereocenters. The Morgan fingerprint density at radius 2 is 2.18 bits per heavy atom. The van der Waals surface area contributed by atoms with Crippen LogP contribution in [0.1, 0.15) is 17.8 Å². The van der Waals surface area contributed by atoms with Crippen LogP contribution in [0.4, 0.5) is 11.6 Å². The number of hydrogen-bond acceptors (Lipinski definition) is 5. The highest BCUT2D eigenvalue weighted by atomic mass is 32.1. The maximum absolute atomic E-state index is 4.41. The molecule has 2 rings (SSSR count). The molecule has 4 nitrogen and oxygen atoms in total. The fourth-order valence-electron chi connectivity index (χ4n) is 1.50. The van der Waals surface area contributed by atoms with E-state index in [1.165, 1.54) is 0 Å². The number of rotatable bonds is 5. The highest BCUT2D eigenvalue weighted by Crippen LogP contribution is 2.18. The standard InChI is InChI=1S/C12H16N4S/c1-9(12-14-6-7-17-12)8-15-11-5-3-4-10(13-2)16-11/h3-7,9H,8H2,1-2H3,(H2,13,15,16). The third-order valence-electron chi connectivity index (χ3n) is 2.47. The molecule has 2 aromatic rings. The first kappa shape index (κ1) is 11.9. The molecule has 0 spiro atoms. The molecule has 0 aliphatic heterocycles. The summed E-state index contributed by atoms with van der Waals surface area (Å²) >= 11 is 1.69. The van der Waals surface area contributed by atoms with Gasteiger partial charge in [-0.25, -0.2) is 9.97 Å². The minimum absolute atomic E-state index is 0.398. The van der Waals surface area contributed by atoms with Crippen LogP contribution in [0.5, 0.6) is 0 Å². The fourth-order valence-corrected chi connectivity index (χ4v) is 2.19. The van der Waals surface area contributed by atoms with Gasteiger partial charge in [-0.15, -0.1) is 11.3 Å². The highest BCUT2D eigenvalue weighted by molar-refractivity contribution is 7.09. The first-order chi connectivity index (χ1) is 8.29. The molecule has 5 heteroatoms. The number of thiazole rings is 1. The lowest BCUT2D eigenvalue weighted by Crippen LogP contribution is -2.10. The number of hydrogen-bond donors (Lipinski definition) is 2. The summed E-state index contributed by atoms with van der Waals surface area (Å²) in [6, 6.07) is 5.89. The van der Waals surface area contributed by atoms with Crippen LogP contribution in [0.2, 0.25) is 0 Å². The second kappa shape index (κ2) is 5.63. The summed E-state index contributed by atoms with van der Waals surface area (Å²) in [6.07, 6.45) is 1.84. The molecular formula is C12H16N4S. The van der Waals surface area contributed by atoms with Crippen molar-refractivity contribution < 1.29 is 0 Å². The van der Waals surface area contributed by atoms with Crippen molar-refractivity contribution in [3.05, 3.63) is 34.8 Å².